The van der Waals surface area contributed by atoms with Crippen LogP contribution in [0.1, 0.15) is 10.5 Å². The molecule has 1 aromatic heterocycles. The number of guanidine groups is 1. The first-order valence-electron chi connectivity index (χ1n) is 7.68. The van der Waals surface area contributed by atoms with Gasteiger partial charge in [0, 0.05) is 11.6 Å². The molecule has 5 N–H and O–H groups in total. The normalized spacial score (nSPS) is 9.81. The van der Waals surface area contributed by atoms with E-state index < -0.39 is 5.91 Å². The second-order valence-electron chi connectivity index (χ2n) is 5.31. The van der Waals surface area contributed by atoms with Crippen LogP contribution < -0.4 is 21.5 Å². The summed E-state index contributed by atoms with van der Waals surface area (Å²) in [5, 5.41) is 6.56. The van der Waals surface area contributed by atoms with Crippen molar-refractivity contribution >= 4 is 35.6 Å². The number of hydrogen-bond donors (Lipinski definition) is 3. The number of ether oxygens (including phenoxy) is 1. The van der Waals surface area contributed by atoms with E-state index in [4.69, 9.17) is 20.7 Å². The molecule has 0 spiro atoms. The van der Waals surface area contributed by atoms with E-state index in [0.717, 1.165) is 5.56 Å². The molecule has 0 saturated carbocycles. The first-order valence-corrected chi connectivity index (χ1v) is 7.68. The zero-order chi connectivity index (χ0) is 18.5. The van der Waals surface area contributed by atoms with Crippen molar-refractivity contribution < 1.29 is 14.1 Å². The Morgan fingerprint density at radius 1 is 1.15 bits per heavy atom. The van der Waals surface area contributed by atoms with Crippen LogP contribution in [-0.4, -0.2) is 24.1 Å². The van der Waals surface area contributed by atoms with Crippen LogP contribution in [0.2, 0.25) is 0 Å². The monoisotopic (exact) mass is 387 g/mol. The molecule has 0 saturated heterocycles. The Labute approximate surface area is 161 Å². The van der Waals surface area contributed by atoms with Crippen molar-refractivity contribution in [2.45, 2.75) is 0 Å². The number of nitrogens with one attached hydrogen (secondary N) is 1. The van der Waals surface area contributed by atoms with Gasteiger partial charge >= 0.3 is 0 Å². The SMILES string of the molecule is COc1ccccc1NC(=O)c1cc(-c2ccc(N=C(N)N)cc2)on1.Cl. The molecule has 1 amide bonds. The minimum atomic E-state index is -0.401. The Balaban J connectivity index is 0.00000261. The molecule has 0 aliphatic heterocycles. The highest BCUT2D eigenvalue weighted by atomic mass is 35.5. The topological polar surface area (TPSA) is 129 Å². The molecule has 27 heavy (non-hydrogen) atoms. The summed E-state index contributed by atoms with van der Waals surface area (Å²) in [4.78, 5) is 16.3. The van der Waals surface area contributed by atoms with Crippen molar-refractivity contribution in [3.05, 3.63) is 60.3 Å². The Morgan fingerprint density at radius 3 is 2.52 bits per heavy atom. The predicted octanol–water partition coefficient (Wildman–Crippen LogP) is 2.93. The van der Waals surface area contributed by atoms with Crippen molar-refractivity contribution in [1.29, 1.82) is 0 Å². The third-order valence-electron chi connectivity index (χ3n) is 3.51. The maximum atomic E-state index is 12.4. The number of para-hydroxylation sites is 2. The molecule has 0 unspecified atom stereocenters. The number of methoxy groups -OCH3 is 1. The summed E-state index contributed by atoms with van der Waals surface area (Å²) in [6, 6.07) is 15.6. The van der Waals surface area contributed by atoms with Gasteiger partial charge in [-0.2, -0.15) is 0 Å². The van der Waals surface area contributed by atoms with Gasteiger partial charge in [0.05, 0.1) is 18.5 Å². The quantitative estimate of drug-likeness (QED) is 0.456. The largest absolute Gasteiger partial charge is 0.495 e. The van der Waals surface area contributed by atoms with Gasteiger partial charge in [0.25, 0.3) is 5.91 Å². The van der Waals surface area contributed by atoms with E-state index in [0.29, 0.717) is 22.9 Å². The van der Waals surface area contributed by atoms with Crippen LogP contribution in [0.3, 0.4) is 0 Å². The number of anilines is 1. The summed E-state index contributed by atoms with van der Waals surface area (Å²) in [5.74, 6) is 0.584. The van der Waals surface area contributed by atoms with Crippen LogP contribution in [0.15, 0.2) is 64.1 Å². The van der Waals surface area contributed by atoms with E-state index in [9.17, 15) is 4.79 Å². The molecule has 9 heteroatoms. The van der Waals surface area contributed by atoms with Gasteiger partial charge in [-0.15, -0.1) is 12.4 Å². The first kappa shape index (κ1) is 19.8. The van der Waals surface area contributed by atoms with Gasteiger partial charge in [-0.1, -0.05) is 17.3 Å². The third-order valence-corrected chi connectivity index (χ3v) is 3.51. The molecular weight excluding hydrogens is 370 g/mol. The number of aromatic nitrogens is 1. The van der Waals surface area contributed by atoms with Crippen molar-refractivity contribution in [1.82, 2.24) is 5.16 Å². The van der Waals surface area contributed by atoms with Crippen molar-refractivity contribution in [3.8, 4) is 17.1 Å². The van der Waals surface area contributed by atoms with E-state index in [1.807, 2.05) is 6.07 Å². The highest BCUT2D eigenvalue weighted by Crippen LogP contribution is 2.26. The number of hydrogen-bond acceptors (Lipinski definition) is 5. The van der Waals surface area contributed by atoms with Gasteiger partial charge in [0.2, 0.25) is 0 Å². The fourth-order valence-electron chi connectivity index (χ4n) is 2.30. The highest BCUT2D eigenvalue weighted by Gasteiger charge is 2.15. The fraction of sp³-hybridized carbons (Fsp3) is 0.0556. The number of amides is 1. The Kier molecular flexibility index (Phi) is 6.40. The highest BCUT2D eigenvalue weighted by molar-refractivity contribution is 6.04. The summed E-state index contributed by atoms with van der Waals surface area (Å²) >= 11 is 0. The zero-order valence-corrected chi connectivity index (χ0v) is 15.2. The summed E-state index contributed by atoms with van der Waals surface area (Å²) in [6.07, 6.45) is 0. The number of carbonyl (C=O) groups is 1. The van der Waals surface area contributed by atoms with Crippen LogP contribution in [0.25, 0.3) is 11.3 Å². The Bertz CT molecular complexity index is 950. The molecule has 1 heterocycles. The van der Waals surface area contributed by atoms with Crippen molar-refractivity contribution in [2.75, 3.05) is 12.4 Å². The summed E-state index contributed by atoms with van der Waals surface area (Å²) in [6.45, 7) is 0. The molecule has 0 aliphatic rings. The standard InChI is InChI=1S/C18H17N5O3.ClH/c1-25-15-5-3-2-4-13(15)22-17(24)14-10-16(26-23-14)11-6-8-12(9-7-11)21-18(19)20;/h2-10H,1H3,(H,22,24)(H4,19,20,21);1H. The van der Waals surface area contributed by atoms with Gasteiger partial charge in [-0.3, -0.25) is 4.79 Å². The van der Waals surface area contributed by atoms with E-state index >= 15 is 0 Å². The van der Waals surface area contributed by atoms with Gasteiger partial charge in [0.15, 0.2) is 17.4 Å². The van der Waals surface area contributed by atoms with E-state index in [1.54, 1.807) is 48.5 Å². The molecule has 0 fully saturated rings. The van der Waals surface area contributed by atoms with E-state index in [-0.39, 0.29) is 24.1 Å². The van der Waals surface area contributed by atoms with Crippen LogP contribution in [0.5, 0.6) is 5.75 Å². The maximum absolute atomic E-state index is 12.4. The zero-order valence-electron chi connectivity index (χ0n) is 14.4. The summed E-state index contributed by atoms with van der Waals surface area (Å²) in [7, 11) is 1.53. The average Bonchev–Trinajstić information content (AvgIpc) is 3.12. The number of aliphatic imine (C=N–C) groups is 1. The van der Waals surface area contributed by atoms with Crippen LogP contribution in [0.4, 0.5) is 11.4 Å². The Hall–Kier alpha value is -3.52. The lowest BCUT2D eigenvalue weighted by atomic mass is 10.1. The number of benzene rings is 2. The molecular formula is C18H18ClN5O3. The molecule has 0 aliphatic carbocycles. The lowest BCUT2D eigenvalue weighted by molar-refractivity contribution is 0.101. The van der Waals surface area contributed by atoms with Crippen molar-refractivity contribution in [2.24, 2.45) is 16.5 Å². The van der Waals surface area contributed by atoms with E-state index in [1.165, 1.54) is 7.11 Å². The van der Waals surface area contributed by atoms with Crippen LogP contribution in [-0.2, 0) is 0 Å². The second kappa shape index (κ2) is 8.72. The third kappa shape index (κ3) is 4.77. The summed E-state index contributed by atoms with van der Waals surface area (Å²) in [5.41, 5.74) is 12.7. The molecule has 0 bridgehead atoms. The fourth-order valence-corrected chi connectivity index (χ4v) is 2.30. The smallest absolute Gasteiger partial charge is 0.277 e. The van der Waals surface area contributed by atoms with E-state index in [2.05, 4.69) is 15.5 Å². The van der Waals surface area contributed by atoms with Crippen molar-refractivity contribution in [3.63, 3.8) is 0 Å². The number of halogens is 1. The van der Waals surface area contributed by atoms with Gasteiger partial charge < -0.3 is 26.0 Å². The number of nitrogens with zero attached hydrogens (tertiary/aromatic N) is 2. The second-order valence-corrected chi connectivity index (χ2v) is 5.31. The molecule has 0 atom stereocenters. The van der Waals surface area contributed by atoms with Gasteiger partial charge in [0.1, 0.15) is 5.75 Å². The van der Waals surface area contributed by atoms with Crippen LogP contribution in [0, 0.1) is 0 Å². The number of nitrogens with two attached hydrogens (primary N) is 2. The molecule has 140 valence electrons. The maximum Gasteiger partial charge on any atom is 0.277 e. The lowest BCUT2D eigenvalue weighted by Crippen LogP contribution is -2.21. The summed E-state index contributed by atoms with van der Waals surface area (Å²) < 4.78 is 10.5. The van der Waals surface area contributed by atoms with Gasteiger partial charge in [-0.05, 0) is 36.4 Å². The number of rotatable bonds is 5. The molecule has 3 rings (SSSR count). The molecule has 0 radical (unpaired) electrons. The lowest BCUT2D eigenvalue weighted by Gasteiger charge is -2.08. The predicted molar refractivity (Wildman–Crippen MR) is 106 cm³/mol. The molecule has 8 nitrogen and oxygen atoms in total. The average molecular weight is 388 g/mol. The molecule has 2 aromatic carbocycles. The molecule has 3 aromatic rings. The van der Waals surface area contributed by atoms with Gasteiger partial charge in [-0.25, -0.2) is 4.99 Å². The minimum Gasteiger partial charge on any atom is -0.495 e. The Morgan fingerprint density at radius 2 is 1.85 bits per heavy atom. The van der Waals surface area contributed by atoms with Crippen LogP contribution >= 0.6 is 12.4 Å². The first-order chi connectivity index (χ1) is 12.6. The number of carbonyl (C=O) groups excluding carboxylic acids is 1. The minimum absolute atomic E-state index is 0.